The van der Waals surface area contributed by atoms with Crippen molar-refractivity contribution in [2.24, 2.45) is 5.92 Å². The zero-order valence-electron chi connectivity index (χ0n) is 15.5. The van der Waals surface area contributed by atoms with Crippen molar-refractivity contribution >= 4 is 5.91 Å². The third-order valence-corrected chi connectivity index (χ3v) is 4.99. The number of amides is 1. The Hall–Kier alpha value is -1.75. The fourth-order valence-electron chi connectivity index (χ4n) is 3.36. The topological polar surface area (TPSA) is 42.0 Å². The van der Waals surface area contributed by atoms with E-state index < -0.39 is 0 Å². The van der Waals surface area contributed by atoms with Crippen molar-refractivity contribution in [2.75, 3.05) is 41.4 Å². The lowest BCUT2D eigenvalue weighted by molar-refractivity contribution is -0.136. The number of methoxy groups -OCH3 is 2. The van der Waals surface area contributed by atoms with Crippen molar-refractivity contribution in [1.29, 1.82) is 0 Å². The lowest BCUT2D eigenvalue weighted by Crippen LogP contribution is -2.46. The van der Waals surface area contributed by atoms with Crippen molar-refractivity contribution < 1.29 is 14.3 Å². The first-order chi connectivity index (χ1) is 11.5. The van der Waals surface area contributed by atoms with E-state index in [4.69, 9.17) is 9.47 Å². The fourth-order valence-corrected chi connectivity index (χ4v) is 3.36. The van der Waals surface area contributed by atoms with Gasteiger partial charge in [0, 0.05) is 19.0 Å². The van der Waals surface area contributed by atoms with Gasteiger partial charge in [-0.15, -0.1) is 0 Å². The summed E-state index contributed by atoms with van der Waals surface area (Å²) < 4.78 is 10.6. The minimum atomic E-state index is -0.0484. The molecule has 1 aliphatic heterocycles. The van der Waals surface area contributed by atoms with Crippen LogP contribution in [0.1, 0.15) is 25.3 Å². The van der Waals surface area contributed by atoms with E-state index in [9.17, 15) is 4.79 Å². The molecule has 0 aromatic heterocycles. The molecule has 1 saturated heterocycles. The minimum Gasteiger partial charge on any atom is -0.493 e. The minimum absolute atomic E-state index is 0.0484. The van der Waals surface area contributed by atoms with E-state index in [1.165, 1.54) is 0 Å². The fraction of sp³-hybridized carbons (Fsp3) is 0.632. The zero-order chi connectivity index (χ0) is 17.7. The van der Waals surface area contributed by atoms with E-state index in [-0.39, 0.29) is 11.8 Å². The molecule has 0 spiro atoms. The van der Waals surface area contributed by atoms with Gasteiger partial charge in [-0.25, -0.2) is 0 Å². The van der Waals surface area contributed by atoms with Gasteiger partial charge in [0.1, 0.15) is 0 Å². The Balaban J connectivity index is 1.98. The van der Waals surface area contributed by atoms with Gasteiger partial charge in [0.25, 0.3) is 0 Å². The molecule has 5 nitrogen and oxygen atoms in total. The van der Waals surface area contributed by atoms with Crippen LogP contribution in [0, 0.1) is 5.92 Å². The second kappa shape index (κ2) is 8.38. The molecule has 1 fully saturated rings. The number of hydrogen-bond donors (Lipinski definition) is 0. The van der Waals surface area contributed by atoms with Crippen LogP contribution in [0.3, 0.4) is 0 Å². The molecule has 1 unspecified atom stereocenters. The van der Waals surface area contributed by atoms with Crippen LogP contribution in [0.25, 0.3) is 0 Å². The summed E-state index contributed by atoms with van der Waals surface area (Å²) in [5, 5.41) is 0. The Kier molecular flexibility index (Phi) is 6.49. The number of piperidine rings is 1. The Morgan fingerprint density at radius 3 is 2.46 bits per heavy atom. The number of rotatable bonds is 6. The molecule has 1 amide bonds. The number of carbonyl (C=O) groups excluding carboxylic acids is 1. The molecule has 0 bridgehead atoms. The highest BCUT2D eigenvalue weighted by molar-refractivity contribution is 5.79. The highest BCUT2D eigenvalue weighted by Gasteiger charge is 2.27. The smallest absolute Gasteiger partial charge is 0.225 e. The van der Waals surface area contributed by atoms with Gasteiger partial charge in [0.05, 0.1) is 14.2 Å². The van der Waals surface area contributed by atoms with Gasteiger partial charge < -0.3 is 19.3 Å². The summed E-state index contributed by atoms with van der Waals surface area (Å²) in [5.41, 5.74) is 1.09. The standard InChI is InChI=1S/C19H30N2O3/c1-14(12-15-6-7-17(23-4)18(13-15)24-5)19(22)21(3)16-8-10-20(2)11-9-16/h6-7,13-14,16H,8-12H2,1-5H3. The maximum absolute atomic E-state index is 12.8. The van der Waals surface area contributed by atoms with Gasteiger partial charge in [-0.05, 0) is 57.1 Å². The van der Waals surface area contributed by atoms with Crippen LogP contribution in [-0.2, 0) is 11.2 Å². The second-order valence-corrected chi connectivity index (χ2v) is 6.78. The number of carbonyl (C=O) groups is 1. The van der Waals surface area contributed by atoms with Crippen molar-refractivity contribution in [3.63, 3.8) is 0 Å². The monoisotopic (exact) mass is 334 g/mol. The van der Waals surface area contributed by atoms with E-state index in [0.717, 1.165) is 31.5 Å². The summed E-state index contributed by atoms with van der Waals surface area (Å²) in [7, 11) is 7.34. The van der Waals surface area contributed by atoms with E-state index >= 15 is 0 Å². The van der Waals surface area contributed by atoms with E-state index in [1.807, 2.05) is 37.1 Å². The molecule has 0 N–H and O–H groups in total. The Labute approximate surface area is 145 Å². The lowest BCUT2D eigenvalue weighted by atomic mass is 9.97. The first-order valence-electron chi connectivity index (χ1n) is 8.62. The number of likely N-dealkylation sites (tertiary alicyclic amines) is 1. The first-order valence-corrected chi connectivity index (χ1v) is 8.62. The Morgan fingerprint density at radius 1 is 1.25 bits per heavy atom. The molecule has 24 heavy (non-hydrogen) atoms. The van der Waals surface area contributed by atoms with Crippen LogP contribution in [0.2, 0.25) is 0 Å². The maximum Gasteiger partial charge on any atom is 0.225 e. The highest BCUT2D eigenvalue weighted by Crippen LogP contribution is 2.29. The van der Waals surface area contributed by atoms with E-state index in [2.05, 4.69) is 11.9 Å². The molecular formula is C19H30N2O3. The van der Waals surface area contributed by atoms with Gasteiger partial charge in [-0.3, -0.25) is 4.79 Å². The zero-order valence-corrected chi connectivity index (χ0v) is 15.5. The lowest BCUT2D eigenvalue weighted by Gasteiger charge is -2.36. The first kappa shape index (κ1) is 18.6. The molecule has 1 aromatic rings. The predicted octanol–water partition coefficient (Wildman–Crippen LogP) is 2.44. The largest absolute Gasteiger partial charge is 0.493 e. The van der Waals surface area contributed by atoms with Crippen LogP contribution < -0.4 is 9.47 Å². The molecule has 1 atom stereocenters. The van der Waals surface area contributed by atoms with E-state index in [0.29, 0.717) is 24.0 Å². The average molecular weight is 334 g/mol. The Bertz CT molecular complexity index is 554. The summed E-state index contributed by atoms with van der Waals surface area (Å²) in [5.74, 6) is 1.59. The number of benzene rings is 1. The van der Waals surface area contributed by atoms with Crippen LogP contribution >= 0.6 is 0 Å². The third-order valence-electron chi connectivity index (χ3n) is 4.99. The molecule has 2 rings (SSSR count). The van der Waals surface area contributed by atoms with Crippen LogP contribution in [0.15, 0.2) is 18.2 Å². The van der Waals surface area contributed by atoms with Gasteiger partial charge >= 0.3 is 0 Å². The van der Waals surface area contributed by atoms with Crippen LogP contribution in [0.5, 0.6) is 11.5 Å². The van der Waals surface area contributed by atoms with Crippen molar-refractivity contribution in [2.45, 2.75) is 32.2 Å². The normalized spacial score (nSPS) is 17.4. The summed E-state index contributed by atoms with van der Waals surface area (Å²) in [6.07, 6.45) is 2.82. The molecule has 1 heterocycles. The molecular weight excluding hydrogens is 304 g/mol. The molecule has 1 aromatic carbocycles. The summed E-state index contributed by atoms with van der Waals surface area (Å²) in [4.78, 5) is 17.0. The molecule has 0 radical (unpaired) electrons. The molecule has 0 aliphatic carbocycles. The second-order valence-electron chi connectivity index (χ2n) is 6.78. The summed E-state index contributed by atoms with van der Waals surface area (Å²) in [6, 6.07) is 6.21. The summed E-state index contributed by atoms with van der Waals surface area (Å²) in [6.45, 7) is 4.13. The SMILES string of the molecule is COc1ccc(CC(C)C(=O)N(C)C2CCN(C)CC2)cc1OC. The van der Waals surface area contributed by atoms with Crippen molar-refractivity contribution in [1.82, 2.24) is 9.80 Å². The molecule has 134 valence electrons. The molecule has 1 aliphatic rings. The van der Waals surface area contributed by atoms with Gasteiger partial charge in [-0.1, -0.05) is 13.0 Å². The van der Waals surface area contributed by atoms with Crippen molar-refractivity contribution in [3.8, 4) is 11.5 Å². The molecule has 0 saturated carbocycles. The predicted molar refractivity (Wildman–Crippen MR) is 95.7 cm³/mol. The third kappa shape index (κ3) is 4.41. The maximum atomic E-state index is 12.8. The van der Waals surface area contributed by atoms with Gasteiger partial charge in [0.15, 0.2) is 11.5 Å². The highest BCUT2D eigenvalue weighted by atomic mass is 16.5. The van der Waals surface area contributed by atoms with Gasteiger partial charge in [0.2, 0.25) is 5.91 Å². The summed E-state index contributed by atoms with van der Waals surface area (Å²) >= 11 is 0. The average Bonchev–Trinajstić information content (AvgIpc) is 2.60. The van der Waals surface area contributed by atoms with Crippen LogP contribution in [0.4, 0.5) is 0 Å². The van der Waals surface area contributed by atoms with Crippen molar-refractivity contribution in [3.05, 3.63) is 23.8 Å². The quantitative estimate of drug-likeness (QED) is 0.801. The van der Waals surface area contributed by atoms with Crippen LogP contribution in [-0.4, -0.2) is 63.2 Å². The Morgan fingerprint density at radius 2 is 1.88 bits per heavy atom. The van der Waals surface area contributed by atoms with Gasteiger partial charge in [-0.2, -0.15) is 0 Å². The number of ether oxygens (including phenoxy) is 2. The number of hydrogen-bond acceptors (Lipinski definition) is 4. The molecule has 5 heteroatoms. The number of nitrogens with zero attached hydrogens (tertiary/aromatic N) is 2. The van der Waals surface area contributed by atoms with E-state index in [1.54, 1.807) is 14.2 Å².